The average Bonchev–Trinajstić information content (AvgIpc) is 3.52. The molecule has 1 aliphatic carbocycles. The van der Waals surface area contributed by atoms with Crippen molar-refractivity contribution in [3.63, 3.8) is 0 Å². The molecule has 1 aromatic heterocycles. The van der Waals surface area contributed by atoms with Crippen LogP contribution in [0.15, 0.2) is 70.1 Å². The van der Waals surface area contributed by atoms with Crippen molar-refractivity contribution in [3.05, 3.63) is 88.5 Å². The van der Waals surface area contributed by atoms with Gasteiger partial charge in [0.05, 0.1) is 22.1 Å². The molecule has 0 amide bonds. The fraction of sp³-hybridized carbons (Fsp3) is 0.154. The van der Waals surface area contributed by atoms with Crippen LogP contribution in [0.5, 0.6) is 0 Å². The summed E-state index contributed by atoms with van der Waals surface area (Å²) in [5.74, 6) is -0.450. The van der Waals surface area contributed by atoms with Gasteiger partial charge in [-0.25, -0.2) is 17.9 Å². The number of carboxylic acids is 1. The van der Waals surface area contributed by atoms with Crippen LogP contribution in [-0.2, 0) is 16.4 Å². The molecule has 180 valence electrons. The number of fused-ring (bicyclic) bond motifs is 1. The number of carboxylic acid groups (broad SMARTS) is 1. The summed E-state index contributed by atoms with van der Waals surface area (Å²) < 4.78 is 34.1. The minimum Gasteiger partial charge on any atom is -0.478 e. The van der Waals surface area contributed by atoms with Gasteiger partial charge in [0, 0.05) is 17.2 Å². The molecule has 0 spiro atoms. The quantitative estimate of drug-likeness (QED) is 0.399. The molecule has 5 rings (SSSR count). The number of benzene rings is 3. The molecular formula is C26H20N4O5S. The first kappa shape index (κ1) is 23.4. The monoisotopic (exact) mass is 500 g/mol. The zero-order valence-corrected chi connectivity index (χ0v) is 19.9. The lowest BCUT2D eigenvalue weighted by Gasteiger charge is -2.15. The Balaban J connectivity index is 1.42. The molecule has 0 fully saturated rings. The molecule has 3 aromatic carbocycles. The van der Waals surface area contributed by atoms with Crippen LogP contribution in [0.1, 0.15) is 45.1 Å². The van der Waals surface area contributed by atoms with Gasteiger partial charge >= 0.3 is 5.97 Å². The van der Waals surface area contributed by atoms with Gasteiger partial charge in [0.2, 0.25) is 15.8 Å². The zero-order valence-electron chi connectivity index (χ0n) is 19.1. The molecule has 2 N–H and O–H groups in total. The van der Waals surface area contributed by atoms with E-state index in [1.807, 2.05) is 37.3 Å². The Morgan fingerprint density at radius 3 is 2.67 bits per heavy atom. The Morgan fingerprint density at radius 2 is 1.94 bits per heavy atom. The number of rotatable bonds is 6. The van der Waals surface area contributed by atoms with Gasteiger partial charge in [0.15, 0.2) is 0 Å². The molecule has 9 nitrogen and oxygen atoms in total. The predicted molar refractivity (Wildman–Crippen MR) is 129 cm³/mol. The van der Waals surface area contributed by atoms with Gasteiger partial charge in [-0.3, -0.25) is 0 Å². The number of sulfonamides is 1. The topological polar surface area (TPSA) is 146 Å². The minimum absolute atomic E-state index is 0.00486. The van der Waals surface area contributed by atoms with Gasteiger partial charge in [-0.15, -0.1) is 0 Å². The van der Waals surface area contributed by atoms with Gasteiger partial charge in [-0.05, 0) is 72.9 Å². The van der Waals surface area contributed by atoms with Gasteiger partial charge in [0.1, 0.15) is 0 Å². The molecule has 0 aliphatic heterocycles. The number of nitriles is 1. The fourth-order valence-corrected chi connectivity index (χ4v) is 5.59. The molecule has 1 unspecified atom stereocenters. The third-order valence-electron chi connectivity index (χ3n) is 6.25. The maximum absolute atomic E-state index is 12.9. The lowest BCUT2D eigenvalue weighted by atomic mass is 10.0. The first-order chi connectivity index (χ1) is 17.3. The predicted octanol–water partition coefficient (Wildman–Crippen LogP) is 4.25. The molecule has 36 heavy (non-hydrogen) atoms. The fourth-order valence-electron chi connectivity index (χ4n) is 4.34. The molecule has 0 radical (unpaired) electrons. The summed E-state index contributed by atoms with van der Waals surface area (Å²) in [5, 5.41) is 22.5. The summed E-state index contributed by atoms with van der Waals surface area (Å²) in [6.07, 6.45) is 1.16. The Morgan fingerprint density at radius 1 is 1.17 bits per heavy atom. The van der Waals surface area contributed by atoms with Gasteiger partial charge in [-0.1, -0.05) is 29.4 Å². The lowest BCUT2D eigenvalue weighted by Crippen LogP contribution is -2.27. The lowest BCUT2D eigenvalue weighted by molar-refractivity contribution is 0.0696. The summed E-state index contributed by atoms with van der Waals surface area (Å²) >= 11 is 0. The Hall–Kier alpha value is -4.33. The Labute approximate surface area is 207 Å². The van der Waals surface area contributed by atoms with E-state index in [-0.39, 0.29) is 10.5 Å². The molecule has 0 saturated heterocycles. The highest BCUT2D eigenvalue weighted by Crippen LogP contribution is 2.38. The zero-order chi connectivity index (χ0) is 25.4. The number of nitrogens with one attached hydrogen (secondary N) is 1. The van der Waals surface area contributed by atoms with Crippen LogP contribution in [0, 0.1) is 18.3 Å². The van der Waals surface area contributed by atoms with E-state index in [1.165, 1.54) is 24.3 Å². The largest absolute Gasteiger partial charge is 0.478 e. The molecule has 4 aromatic rings. The van der Waals surface area contributed by atoms with Crippen LogP contribution in [0.3, 0.4) is 0 Å². The normalized spacial score (nSPS) is 14.8. The molecule has 0 saturated carbocycles. The highest BCUT2D eigenvalue weighted by Gasteiger charge is 2.30. The molecule has 1 aliphatic rings. The van der Waals surface area contributed by atoms with Crippen molar-refractivity contribution in [2.75, 3.05) is 0 Å². The third-order valence-corrected chi connectivity index (χ3v) is 7.74. The number of hydrogen-bond acceptors (Lipinski definition) is 7. The SMILES string of the molecule is Cc1ccc(-c2nc(-c3cccc4c3CCC4NS(=O)(=O)c3ccc(C(=O)O)cc3)no2)cc1C#N. The van der Waals surface area contributed by atoms with E-state index >= 15 is 0 Å². The maximum Gasteiger partial charge on any atom is 0.335 e. The average molecular weight is 501 g/mol. The van der Waals surface area contributed by atoms with Crippen molar-refractivity contribution in [1.82, 2.24) is 14.9 Å². The molecule has 1 atom stereocenters. The van der Waals surface area contributed by atoms with Crippen molar-refractivity contribution in [3.8, 4) is 28.9 Å². The summed E-state index contributed by atoms with van der Waals surface area (Å²) in [6, 6.07) is 17.7. The number of aromatic carboxylic acids is 1. The van der Waals surface area contributed by atoms with Crippen molar-refractivity contribution >= 4 is 16.0 Å². The smallest absolute Gasteiger partial charge is 0.335 e. The van der Waals surface area contributed by atoms with Gasteiger partial charge in [0.25, 0.3) is 5.89 Å². The van der Waals surface area contributed by atoms with E-state index in [1.54, 1.807) is 6.07 Å². The standard InChI is InChI=1S/C26H20N4O5S/c1-15-5-6-17(13-18(15)14-27)25-28-24(29-35-25)22-4-2-3-21-20(22)11-12-23(21)30-36(33,34)19-9-7-16(8-10-19)26(31)32/h2-10,13,23,30H,11-12H2,1H3,(H,31,32). The highest BCUT2D eigenvalue weighted by atomic mass is 32.2. The van der Waals surface area contributed by atoms with E-state index in [4.69, 9.17) is 9.63 Å². The van der Waals surface area contributed by atoms with E-state index < -0.39 is 22.0 Å². The summed E-state index contributed by atoms with van der Waals surface area (Å²) in [5.41, 5.74) is 4.55. The van der Waals surface area contributed by atoms with Gasteiger partial charge < -0.3 is 9.63 Å². The van der Waals surface area contributed by atoms with Crippen molar-refractivity contribution < 1.29 is 22.8 Å². The van der Waals surface area contributed by atoms with Crippen molar-refractivity contribution in [2.45, 2.75) is 30.7 Å². The molecule has 0 bridgehead atoms. The second-order valence-electron chi connectivity index (χ2n) is 8.48. The number of aryl methyl sites for hydroxylation is 1. The summed E-state index contributed by atoms with van der Waals surface area (Å²) in [6.45, 7) is 1.85. The van der Waals surface area contributed by atoms with E-state index in [9.17, 15) is 18.5 Å². The van der Waals surface area contributed by atoms with Crippen LogP contribution < -0.4 is 4.72 Å². The molecule has 1 heterocycles. The number of carbonyl (C=O) groups is 1. The first-order valence-electron chi connectivity index (χ1n) is 11.1. The van der Waals surface area contributed by atoms with Crippen LogP contribution in [0.4, 0.5) is 0 Å². The van der Waals surface area contributed by atoms with Crippen LogP contribution in [0.25, 0.3) is 22.8 Å². The second kappa shape index (κ2) is 9.03. The number of hydrogen-bond donors (Lipinski definition) is 2. The van der Waals surface area contributed by atoms with Crippen molar-refractivity contribution in [2.24, 2.45) is 0 Å². The minimum atomic E-state index is -3.87. The maximum atomic E-state index is 12.9. The van der Waals surface area contributed by atoms with Crippen LogP contribution in [0.2, 0.25) is 0 Å². The first-order valence-corrected chi connectivity index (χ1v) is 12.6. The van der Waals surface area contributed by atoms with Crippen LogP contribution >= 0.6 is 0 Å². The highest BCUT2D eigenvalue weighted by molar-refractivity contribution is 7.89. The van der Waals surface area contributed by atoms with E-state index in [0.29, 0.717) is 35.7 Å². The molecular weight excluding hydrogens is 480 g/mol. The molecule has 10 heteroatoms. The summed E-state index contributed by atoms with van der Waals surface area (Å²) in [4.78, 5) is 15.6. The number of aromatic nitrogens is 2. The Bertz CT molecular complexity index is 1640. The second-order valence-corrected chi connectivity index (χ2v) is 10.2. The van der Waals surface area contributed by atoms with Crippen molar-refractivity contribution in [1.29, 1.82) is 5.26 Å². The van der Waals surface area contributed by atoms with E-state index in [0.717, 1.165) is 22.3 Å². The van der Waals surface area contributed by atoms with Crippen LogP contribution in [-0.4, -0.2) is 29.6 Å². The Kier molecular flexibility index (Phi) is 5.88. The van der Waals surface area contributed by atoms with Gasteiger partial charge in [-0.2, -0.15) is 10.2 Å². The summed E-state index contributed by atoms with van der Waals surface area (Å²) in [7, 11) is -3.87. The number of nitrogens with zero attached hydrogens (tertiary/aromatic N) is 3. The van der Waals surface area contributed by atoms with E-state index in [2.05, 4.69) is 20.9 Å². The third kappa shape index (κ3) is 4.26.